The summed E-state index contributed by atoms with van der Waals surface area (Å²) in [5.74, 6) is 2.43. The van der Waals surface area contributed by atoms with E-state index in [4.69, 9.17) is 6.42 Å². The fourth-order valence-electron chi connectivity index (χ4n) is 2.03. The Labute approximate surface area is 137 Å². The van der Waals surface area contributed by atoms with Crippen LogP contribution in [-0.4, -0.2) is 26.8 Å². The Morgan fingerprint density at radius 3 is 2.87 bits per heavy atom. The van der Waals surface area contributed by atoms with Crippen molar-refractivity contribution >= 4 is 22.4 Å². The molecule has 23 heavy (non-hydrogen) atoms. The fraction of sp³-hybridized carbons (Fsp3) is 0.333. The number of amides is 1. The monoisotopic (exact) mass is 326 g/mol. The van der Waals surface area contributed by atoms with E-state index in [1.807, 2.05) is 18.2 Å². The molecule has 0 aromatic carbocycles. The van der Waals surface area contributed by atoms with Gasteiger partial charge in [-0.15, -0.1) is 22.5 Å². The summed E-state index contributed by atoms with van der Waals surface area (Å²) in [5, 5.41) is 19.9. The lowest BCUT2D eigenvalue weighted by Gasteiger charge is -2.07. The summed E-state index contributed by atoms with van der Waals surface area (Å²) in [4.78, 5) is 16.2. The first-order valence-corrected chi connectivity index (χ1v) is 7.95. The standard InChI is InChI=1S/C15H14N6OS/c1-2-3-8-15(20-21-15)9-7-12(22)17-14-19-18-13(23-14)11-6-4-5-10-16-11/h1,4-6,10H,3,7-9H2,(H,17,19,22). The summed E-state index contributed by atoms with van der Waals surface area (Å²) in [6.45, 7) is 0. The van der Waals surface area contributed by atoms with Crippen LogP contribution in [0.5, 0.6) is 0 Å². The number of hydrogen-bond donors (Lipinski definition) is 1. The molecule has 0 radical (unpaired) electrons. The smallest absolute Gasteiger partial charge is 0.226 e. The SMILES string of the molecule is C#CCCC1(CCC(=O)Nc2nnc(-c3ccccn3)s2)N=N1. The highest BCUT2D eigenvalue weighted by atomic mass is 32.1. The molecule has 1 N–H and O–H groups in total. The molecule has 1 amide bonds. The van der Waals surface area contributed by atoms with Gasteiger partial charge in [-0.25, -0.2) is 0 Å². The van der Waals surface area contributed by atoms with Crippen LogP contribution in [0.1, 0.15) is 25.7 Å². The van der Waals surface area contributed by atoms with Crippen molar-refractivity contribution in [3.8, 4) is 23.0 Å². The number of nitrogens with one attached hydrogen (secondary N) is 1. The predicted molar refractivity (Wildman–Crippen MR) is 86.7 cm³/mol. The van der Waals surface area contributed by atoms with Crippen molar-refractivity contribution < 1.29 is 4.79 Å². The second-order valence-corrected chi connectivity index (χ2v) is 6.04. The molecule has 0 bridgehead atoms. The average Bonchev–Trinajstić information content (AvgIpc) is 3.21. The van der Waals surface area contributed by atoms with Crippen LogP contribution >= 0.6 is 11.3 Å². The Morgan fingerprint density at radius 1 is 1.30 bits per heavy atom. The summed E-state index contributed by atoms with van der Waals surface area (Å²) in [5.41, 5.74) is 0.290. The number of carbonyl (C=O) groups is 1. The lowest BCUT2D eigenvalue weighted by molar-refractivity contribution is -0.116. The maximum absolute atomic E-state index is 12.0. The summed E-state index contributed by atoms with van der Waals surface area (Å²) in [7, 11) is 0. The van der Waals surface area contributed by atoms with Crippen LogP contribution in [-0.2, 0) is 4.79 Å². The second-order valence-electron chi connectivity index (χ2n) is 5.06. The van der Waals surface area contributed by atoms with Crippen LogP contribution in [0.4, 0.5) is 5.13 Å². The van der Waals surface area contributed by atoms with Gasteiger partial charge in [-0.3, -0.25) is 9.78 Å². The minimum Gasteiger partial charge on any atom is -0.301 e. The molecule has 7 nitrogen and oxygen atoms in total. The summed E-state index contributed by atoms with van der Waals surface area (Å²) >= 11 is 1.29. The van der Waals surface area contributed by atoms with Gasteiger partial charge in [-0.2, -0.15) is 10.2 Å². The lowest BCUT2D eigenvalue weighted by Crippen LogP contribution is -2.17. The molecule has 3 rings (SSSR count). The number of hydrogen-bond acceptors (Lipinski definition) is 7. The van der Waals surface area contributed by atoms with Gasteiger partial charge < -0.3 is 5.32 Å². The lowest BCUT2D eigenvalue weighted by atomic mass is 10.0. The van der Waals surface area contributed by atoms with Crippen molar-refractivity contribution in [3.63, 3.8) is 0 Å². The van der Waals surface area contributed by atoms with E-state index in [9.17, 15) is 4.79 Å². The van der Waals surface area contributed by atoms with Crippen LogP contribution < -0.4 is 5.32 Å². The van der Waals surface area contributed by atoms with Crippen LogP contribution in [0, 0.1) is 12.3 Å². The quantitative estimate of drug-likeness (QED) is 0.792. The van der Waals surface area contributed by atoms with Crippen LogP contribution in [0.2, 0.25) is 0 Å². The van der Waals surface area contributed by atoms with Crippen molar-refractivity contribution in [2.75, 3.05) is 5.32 Å². The molecule has 8 heteroatoms. The summed E-state index contributed by atoms with van der Waals surface area (Å²) in [6.07, 6.45) is 9.11. The molecule has 116 valence electrons. The second kappa shape index (κ2) is 6.62. The zero-order chi connectivity index (χ0) is 16.1. The first-order valence-electron chi connectivity index (χ1n) is 7.13. The molecule has 0 fully saturated rings. The van der Waals surface area contributed by atoms with E-state index >= 15 is 0 Å². The first kappa shape index (κ1) is 15.2. The van der Waals surface area contributed by atoms with Gasteiger partial charge >= 0.3 is 0 Å². The Morgan fingerprint density at radius 2 is 2.17 bits per heavy atom. The molecule has 0 unspecified atom stereocenters. The molecule has 2 aromatic heterocycles. The number of rotatable bonds is 7. The van der Waals surface area contributed by atoms with Crippen molar-refractivity contribution in [1.29, 1.82) is 0 Å². The zero-order valence-electron chi connectivity index (χ0n) is 12.3. The molecular formula is C15H14N6OS. The predicted octanol–water partition coefficient (Wildman–Crippen LogP) is 2.89. The highest BCUT2D eigenvalue weighted by molar-refractivity contribution is 7.18. The summed E-state index contributed by atoms with van der Waals surface area (Å²) in [6, 6.07) is 5.55. The van der Waals surface area contributed by atoms with Gasteiger partial charge in [0.05, 0.1) is 0 Å². The van der Waals surface area contributed by atoms with E-state index in [0.717, 1.165) is 5.69 Å². The topological polar surface area (TPSA) is 92.5 Å². The van der Waals surface area contributed by atoms with Crippen LogP contribution in [0.3, 0.4) is 0 Å². The zero-order valence-corrected chi connectivity index (χ0v) is 13.1. The summed E-state index contributed by atoms with van der Waals surface area (Å²) < 4.78 is 0. The molecule has 1 aliphatic heterocycles. The Hall–Kier alpha value is -2.66. The highest BCUT2D eigenvalue weighted by Gasteiger charge is 2.39. The molecule has 0 atom stereocenters. The van der Waals surface area contributed by atoms with Crippen molar-refractivity contribution in [1.82, 2.24) is 15.2 Å². The number of terminal acetylenes is 1. The Balaban J connectivity index is 1.51. The van der Waals surface area contributed by atoms with Crippen molar-refractivity contribution in [2.24, 2.45) is 10.2 Å². The van der Waals surface area contributed by atoms with E-state index in [-0.39, 0.29) is 5.91 Å². The van der Waals surface area contributed by atoms with Gasteiger partial charge in [0, 0.05) is 31.9 Å². The largest absolute Gasteiger partial charge is 0.301 e. The number of aromatic nitrogens is 3. The van der Waals surface area contributed by atoms with Gasteiger partial charge in [0.15, 0.2) is 10.7 Å². The van der Waals surface area contributed by atoms with Gasteiger partial charge in [-0.1, -0.05) is 17.4 Å². The molecule has 0 saturated heterocycles. The Kier molecular flexibility index (Phi) is 4.39. The van der Waals surface area contributed by atoms with E-state index < -0.39 is 5.66 Å². The van der Waals surface area contributed by atoms with Crippen molar-refractivity contribution in [3.05, 3.63) is 24.4 Å². The van der Waals surface area contributed by atoms with Crippen LogP contribution in [0.15, 0.2) is 34.6 Å². The fourth-order valence-corrected chi connectivity index (χ4v) is 2.77. The Bertz CT molecular complexity index is 758. The van der Waals surface area contributed by atoms with E-state index in [2.05, 4.69) is 36.6 Å². The normalized spacial score (nSPS) is 14.2. The number of nitrogens with zero attached hydrogens (tertiary/aromatic N) is 5. The average molecular weight is 326 g/mol. The number of pyridine rings is 1. The molecule has 0 saturated carbocycles. The molecule has 0 spiro atoms. The molecule has 0 aliphatic carbocycles. The molecule has 3 heterocycles. The first-order chi connectivity index (χ1) is 11.2. The van der Waals surface area contributed by atoms with E-state index in [1.165, 1.54) is 11.3 Å². The molecular weight excluding hydrogens is 312 g/mol. The highest BCUT2D eigenvalue weighted by Crippen LogP contribution is 2.37. The minimum atomic E-state index is -0.441. The third kappa shape index (κ3) is 3.96. The molecule has 2 aromatic rings. The third-order valence-corrected chi connectivity index (χ3v) is 4.22. The maximum Gasteiger partial charge on any atom is 0.226 e. The van der Waals surface area contributed by atoms with E-state index in [0.29, 0.717) is 35.8 Å². The third-order valence-electron chi connectivity index (χ3n) is 3.36. The minimum absolute atomic E-state index is 0.133. The molecule has 1 aliphatic rings. The number of anilines is 1. The van der Waals surface area contributed by atoms with E-state index in [1.54, 1.807) is 6.20 Å². The van der Waals surface area contributed by atoms with Gasteiger partial charge in [0.25, 0.3) is 0 Å². The maximum atomic E-state index is 12.0. The van der Waals surface area contributed by atoms with Gasteiger partial charge in [0.2, 0.25) is 11.0 Å². The van der Waals surface area contributed by atoms with Gasteiger partial charge in [0.1, 0.15) is 5.69 Å². The van der Waals surface area contributed by atoms with Crippen molar-refractivity contribution in [2.45, 2.75) is 31.3 Å². The number of carbonyl (C=O) groups excluding carboxylic acids is 1. The van der Waals surface area contributed by atoms with Crippen LogP contribution in [0.25, 0.3) is 10.7 Å². The van der Waals surface area contributed by atoms with Gasteiger partial charge in [-0.05, 0) is 12.1 Å².